The summed E-state index contributed by atoms with van der Waals surface area (Å²) >= 11 is 9.51. The van der Waals surface area contributed by atoms with E-state index in [4.69, 9.17) is 11.6 Å². The molecule has 2 nitrogen and oxygen atoms in total. The average molecular weight is 360 g/mol. The lowest BCUT2D eigenvalue weighted by molar-refractivity contribution is 0.0984. The lowest BCUT2D eigenvalue weighted by atomic mass is 9.80. The number of hydrogen-bond donors (Lipinski definition) is 1. The van der Waals surface area contributed by atoms with Crippen LogP contribution in [0, 0.1) is 0 Å². The number of nitrogens with zero attached hydrogens (tertiary/aromatic N) is 1. The molecule has 2 rings (SSSR count). The molecule has 1 saturated carbocycles. The highest BCUT2D eigenvalue weighted by Crippen LogP contribution is 2.31. The highest BCUT2D eigenvalue weighted by molar-refractivity contribution is 9.10. The van der Waals surface area contributed by atoms with E-state index in [1.54, 1.807) is 0 Å². The van der Waals surface area contributed by atoms with Gasteiger partial charge in [0.05, 0.1) is 5.02 Å². The van der Waals surface area contributed by atoms with Crippen molar-refractivity contribution in [3.05, 3.63) is 33.3 Å². The van der Waals surface area contributed by atoms with Gasteiger partial charge in [-0.25, -0.2) is 0 Å². The Hall–Kier alpha value is -0.0900. The number of benzene rings is 1. The van der Waals surface area contributed by atoms with Gasteiger partial charge in [-0.2, -0.15) is 0 Å². The highest BCUT2D eigenvalue weighted by Gasteiger charge is 2.33. The minimum atomic E-state index is 0.335. The summed E-state index contributed by atoms with van der Waals surface area (Å²) in [4.78, 5) is 2.41. The van der Waals surface area contributed by atoms with Crippen molar-refractivity contribution in [1.29, 1.82) is 0 Å². The van der Waals surface area contributed by atoms with Crippen molar-refractivity contribution in [3.63, 3.8) is 0 Å². The highest BCUT2D eigenvalue weighted by atomic mass is 79.9. The van der Waals surface area contributed by atoms with Crippen molar-refractivity contribution in [2.75, 3.05) is 20.6 Å². The lowest BCUT2D eigenvalue weighted by Crippen LogP contribution is -2.52. The molecule has 1 fully saturated rings. The molecule has 0 spiro atoms. The minimum Gasteiger partial charge on any atom is -0.311 e. The Morgan fingerprint density at radius 3 is 2.55 bits per heavy atom. The maximum absolute atomic E-state index is 6.03. The number of halogens is 2. The summed E-state index contributed by atoms with van der Waals surface area (Å²) in [5.74, 6) is 0. The molecule has 1 N–H and O–H groups in total. The van der Waals surface area contributed by atoms with Crippen LogP contribution in [-0.4, -0.2) is 31.1 Å². The Kier molecular flexibility index (Phi) is 5.91. The number of nitrogens with one attached hydrogen (secondary N) is 1. The van der Waals surface area contributed by atoms with E-state index in [1.165, 1.54) is 37.7 Å². The Morgan fingerprint density at radius 2 is 1.95 bits per heavy atom. The fourth-order valence-corrected chi connectivity index (χ4v) is 3.62. The standard InChI is InChI=1S/C16H24BrClN2/c1-20(2)16(8-4-3-5-9-16)12-19-11-13-6-7-15(18)14(17)10-13/h6-7,10,19H,3-5,8-9,11-12H2,1-2H3. The summed E-state index contributed by atoms with van der Waals surface area (Å²) in [5, 5.41) is 4.40. The van der Waals surface area contributed by atoms with E-state index < -0.39 is 0 Å². The van der Waals surface area contributed by atoms with Crippen LogP contribution in [0.3, 0.4) is 0 Å². The number of hydrogen-bond acceptors (Lipinski definition) is 2. The number of likely N-dealkylation sites (N-methyl/N-ethyl adjacent to an activating group) is 1. The maximum atomic E-state index is 6.03. The van der Waals surface area contributed by atoms with Crippen LogP contribution < -0.4 is 5.32 Å². The zero-order chi connectivity index (χ0) is 14.6. The van der Waals surface area contributed by atoms with Crippen molar-refractivity contribution < 1.29 is 0 Å². The van der Waals surface area contributed by atoms with E-state index >= 15 is 0 Å². The van der Waals surface area contributed by atoms with Crippen LogP contribution in [0.25, 0.3) is 0 Å². The van der Waals surface area contributed by atoms with Gasteiger partial charge in [-0.15, -0.1) is 0 Å². The smallest absolute Gasteiger partial charge is 0.0548 e. The van der Waals surface area contributed by atoms with Crippen molar-refractivity contribution in [3.8, 4) is 0 Å². The van der Waals surface area contributed by atoms with E-state index in [1.807, 2.05) is 6.07 Å². The minimum absolute atomic E-state index is 0.335. The van der Waals surface area contributed by atoms with Gasteiger partial charge in [0.15, 0.2) is 0 Å². The van der Waals surface area contributed by atoms with E-state index in [2.05, 4.69) is 52.4 Å². The molecule has 1 aromatic carbocycles. The van der Waals surface area contributed by atoms with Crippen molar-refractivity contribution >= 4 is 27.5 Å². The molecule has 0 bridgehead atoms. The molecule has 0 atom stereocenters. The molecule has 0 saturated heterocycles. The normalized spacial score (nSPS) is 18.4. The molecule has 1 aliphatic rings. The van der Waals surface area contributed by atoms with Gasteiger partial charge in [0.25, 0.3) is 0 Å². The molecular formula is C16H24BrClN2. The Labute approximate surface area is 136 Å². The topological polar surface area (TPSA) is 15.3 Å². The van der Waals surface area contributed by atoms with Crippen LogP contribution in [-0.2, 0) is 6.54 Å². The third-order valence-electron chi connectivity index (χ3n) is 4.50. The van der Waals surface area contributed by atoms with Gasteiger partial charge < -0.3 is 10.2 Å². The fraction of sp³-hybridized carbons (Fsp3) is 0.625. The molecule has 1 aromatic rings. The van der Waals surface area contributed by atoms with E-state index in [0.717, 1.165) is 22.6 Å². The van der Waals surface area contributed by atoms with Crippen molar-refractivity contribution in [2.45, 2.75) is 44.2 Å². The zero-order valence-corrected chi connectivity index (χ0v) is 14.7. The molecule has 0 aromatic heterocycles. The first kappa shape index (κ1) is 16.3. The van der Waals surface area contributed by atoms with Gasteiger partial charge in [0.2, 0.25) is 0 Å². The quantitative estimate of drug-likeness (QED) is 0.835. The lowest BCUT2D eigenvalue weighted by Gasteiger charge is -2.43. The second-order valence-electron chi connectivity index (χ2n) is 6.03. The summed E-state index contributed by atoms with van der Waals surface area (Å²) in [6, 6.07) is 6.13. The largest absolute Gasteiger partial charge is 0.311 e. The van der Waals surface area contributed by atoms with Crippen LogP contribution >= 0.6 is 27.5 Å². The predicted octanol–water partition coefficient (Wildman–Crippen LogP) is 4.46. The first-order valence-electron chi connectivity index (χ1n) is 7.36. The molecule has 0 aliphatic heterocycles. The second-order valence-corrected chi connectivity index (χ2v) is 7.29. The summed E-state index contributed by atoms with van der Waals surface area (Å²) in [5.41, 5.74) is 1.60. The molecule has 112 valence electrons. The number of rotatable bonds is 5. The van der Waals surface area contributed by atoms with Crippen LogP contribution in [0.2, 0.25) is 5.02 Å². The van der Waals surface area contributed by atoms with Crippen LogP contribution in [0.15, 0.2) is 22.7 Å². The maximum Gasteiger partial charge on any atom is 0.0548 e. The second kappa shape index (κ2) is 7.26. The molecular weight excluding hydrogens is 336 g/mol. The molecule has 4 heteroatoms. The molecule has 0 amide bonds. The Morgan fingerprint density at radius 1 is 1.25 bits per heavy atom. The summed E-state index contributed by atoms with van der Waals surface area (Å²) < 4.78 is 0.971. The van der Waals surface area contributed by atoms with Crippen molar-refractivity contribution in [2.24, 2.45) is 0 Å². The average Bonchev–Trinajstić information content (AvgIpc) is 2.44. The monoisotopic (exact) mass is 358 g/mol. The van der Waals surface area contributed by atoms with Gasteiger partial charge >= 0.3 is 0 Å². The summed E-state index contributed by atoms with van der Waals surface area (Å²) in [7, 11) is 4.43. The van der Waals surface area contributed by atoms with Crippen LogP contribution in [0.4, 0.5) is 0 Å². The van der Waals surface area contributed by atoms with E-state index in [9.17, 15) is 0 Å². The molecule has 0 unspecified atom stereocenters. The van der Waals surface area contributed by atoms with Gasteiger partial charge in [-0.1, -0.05) is 36.9 Å². The predicted molar refractivity (Wildman–Crippen MR) is 90.4 cm³/mol. The van der Waals surface area contributed by atoms with Gasteiger partial charge in [0, 0.05) is 23.1 Å². The van der Waals surface area contributed by atoms with Crippen LogP contribution in [0.5, 0.6) is 0 Å². The van der Waals surface area contributed by atoms with Gasteiger partial charge in [-0.05, 0) is 60.6 Å². The molecule has 0 heterocycles. The summed E-state index contributed by atoms with van der Waals surface area (Å²) in [6.07, 6.45) is 6.70. The first-order chi connectivity index (χ1) is 9.53. The van der Waals surface area contributed by atoms with E-state index in [-0.39, 0.29) is 0 Å². The SMILES string of the molecule is CN(C)C1(CNCc2ccc(Cl)c(Br)c2)CCCCC1. The summed E-state index contributed by atoms with van der Waals surface area (Å²) in [6.45, 7) is 1.95. The third-order valence-corrected chi connectivity index (χ3v) is 5.71. The van der Waals surface area contributed by atoms with Gasteiger partial charge in [-0.3, -0.25) is 0 Å². The van der Waals surface area contributed by atoms with Crippen LogP contribution in [0.1, 0.15) is 37.7 Å². The Balaban J connectivity index is 1.91. The third kappa shape index (κ3) is 3.97. The zero-order valence-electron chi connectivity index (χ0n) is 12.4. The fourth-order valence-electron chi connectivity index (χ4n) is 3.08. The van der Waals surface area contributed by atoms with Crippen molar-refractivity contribution in [1.82, 2.24) is 10.2 Å². The van der Waals surface area contributed by atoms with E-state index in [0.29, 0.717) is 5.54 Å². The molecule has 1 aliphatic carbocycles. The first-order valence-corrected chi connectivity index (χ1v) is 8.53. The molecule has 20 heavy (non-hydrogen) atoms. The molecule has 0 radical (unpaired) electrons. The Bertz CT molecular complexity index is 442. The van der Waals surface area contributed by atoms with Gasteiger partial charge in [0.1, 0.15) is 0 Å².